The van der Waals surface area contributed by atoms with E-state index in [4.69, 9.17) is 4.52 Å². The molecule has 1 heterocycles. The maximum atomic E-state index is 5.28. The molecule has 1 unspecified atom stereocenters. The van der Waals surface area contributed by atoms with Crippen LogP contribution in [0.15, 0.2) is 33.8 Å². The van der Waals surface area contributed by atoms with Gasteiger partial charge in [-0.25, -0.2) is 0 Å². The van der Waals surface area contributed by atoms with Crippen molar-refractivity contribution in [3.63, 3.8) is 0 Å². The van der Waals surface area contributed by atoms with Crippen molar-refractivity contribution in [3.05, 3.63) is 52.4 Å². The summed E-state index contributed by atoms with van der Waals surface area (Å²) in [5.74, 6) is 2.09. The molecule has 0 radical (unpaired) electrons. The lowest BCUT2D eigenvalue weighted by Crippen LogP contribution is -2.40. The van der Waals surface area contributed by atoms with Gasteiger partial charge < -0.3 is 14.7 Å². The van der Waals surface area contributed by atoms with Gasteiger partial charge in [-0.15, -0.1) is 24.0 Å². The number of aromatic nitrogens is 1. The Morgan fingerprint density at radius 3 is 2.35 bits per heavy atom. The number of nitrogens with one attached hydrogen (secondary N) is 1. The van der Waals surface area contributed by atoms with E-state index in [0.29, 0.717) is 5.92 Å². The first-order chi connectivity index (χ1) is 12.0. The van der Waals surface area contributed by atoms with Gasteiger partial charge in [-0.2, -0.15) is 0 Å². The quantitative estimate of drug-likeness (QED) is 0.389. The molecule has 1 N–H and O–H groups in total. The summed E-state index contributed by atoms with van der Waals surface area (Å²) in [5, 5.41) is 7.51. The largest absolute Gasteiger partial charge is 0.361 e. The minimum atomic E-state index is 0. The normalized spacial score (nSPS) is 12.5. The summed E-state index contributed by atoms with van der Waals surface area (Å²) in [6.45, 7) is 9.91. The topological polar surface area (TPSA) is 53.7 Å². The van der Waals surface area contributed by atoms with Crippen LogP contribution in [-0.2, 0) is 13.0 Å². The van der Waals surface area contributed by atoms with Crippen LogP contribution in [-0.4, -0.2) is 36.7 Å². The van der Waals surface area contributed by atoms with E-state index < -0.39 is 0 Å². The van der Waals surface area contributed by atoms with Gasteiger partial charge in [-0.1, -0.05) is 43.3 Å². The third-order valence-corrected chi connectivity index (χ3v) is 4.57. The Balaban J connectivity index is 0.00000338. The minimum Gasteiger partial charge on any atom is -0.361 e. The van der Waals surface area contributed by atoms with Crippen molar-refractivity contribution in [1.29, 1.82) is 0 Å². The molecule has 0 fully saturated rings. The molecule has 0 aliphatic carbocycles. The average molecular weight is 470 g/mol. The highest BCUT2D eigenvalue weighted by Crippen LogP contribution is 2.22. The molecular weight excluding hydrogens is 439 g/mol. The van der Waals surface area contributed by atoms with Crippen molar-refractivity contribution in [2.24, 2.45) is 4.99 Å². The molecule has 0 aliphatic heterocycles. The molecule has 144 valence electrons. The number of aryl methyl sites for hydroxylation is 3. The van der Waals surface area contributed by atoms with E-state index in [1.807, 2.05) is 20.9 Å². The molecule has 2 aromatic rings. The first-order valence-corrected chi connectivity index (χ1v) is 8.88. The number of aliphatic imine (C=N–C) groups is 1. The van der Waals surface area contributed by atoms with Crippen LogP contribution in [0.3, 0.4) is 0 Å². The van der Waals surface area contributed by atoms with Crippen molar-refractivity contribution >= 4 is 29.9 Å². The van der Waals surface area contributed by atoms with Gasteiger partial charge in [0.25, 0.3) is 0 Å². The van der Waals surface area contributed by atoms with E-state index >= 15 is 0 Å². The maximum absolute atomic E-state index is 5.28. The third-order valence-electron chi connectivity index (χ3n) is 4.57. The van der Waals surface area contributed by atoms with E-state index in [9.17, 15) is 0 Å². The Labute approximate surface area is 174 Å². The predicted octanol–water partition coefficient (Wildman–Crippen LogP) is 4.28. The van der Waals surface area contributed by atoms with Crippen molar-refractivity contribution in [1.82, 2.24) is 15.4 Å². The second-order valence-corrected chi connectivity index (χ2v) is 6.59. The van der Waals surface area contributed by atoms with Gasteiger partial charge in [-0.05, 0) is 31.4 Å². The zero-order valence-corrected chi connectivity index (χ0v) is 19.0. The Bertz CT molecular complexity index is 690. The fourth-order valence-corrected chi connectivity index (χ4v) is 3.15. The number of halogens is 1. The molecule has 6 heteroatoms. The summed E-state index contributed by atoms with van der Waals surface area (Å²) in [5.41, 5.74) is 4.79. The van der Waals surface area contributed by atoms with E-state index in [0.717, 1.165) is 36.9 Å². The van der Waals surface area contributed by atoms with Gasteiger partial charge in [0.2, 0.25) is 0 Å². The van der Waals surface area contributed by atoms with E-state index in [1.165, 1.54) is 16.7 Å². The minimum absolute atomic E-state index is 0. The molecule has 0 spiro atoms. The predicted molar refractivity (Wildman–Crippen MR) is 118 cm³/mol. The fraction of sp³-hybridized carbons (Fsp3) is 0.500. The summed E-state index contributed by atoms with van der Waals surface area (Å²) in [6.07, 6.45) is 1.07. The molecule has 0 saturated carbocycles. The molecule has 1 atom stereocenters. The van der Waals surface area contributed by atoms with Gasteiger partial charge in [0.05, 0.1) is 5.69 Å². The molecule has 0 amide bonds. The lowest BCUT2D eigenvalue weighted by atomic mass is 10.00. The Morgan fingerprint density at radius 2 is 1.85 bits per heavy atom. The van der Waals surface area contributed by atoms with Crippen molar-refractivity contribution in [2.75, 3.05) is 20.6 Å². The van der Waals surface area contributed by atoms with E-state index in [-0.39, 0.29) is 24.0 Å². The summed E-state index contributed by atoms with van der Waals surface area (Å²) in [7, 11) is 3.88. The zero-order chi connectivity index (χ0) is 18.4. The number of guanidine groups is 1. The van der Waals surface area contributed by atoms with Crippen LogP contribution in [0.4, 0.5) is 0 Å². The second-order valence-electron chi connectivity index (χ2n) is 6.59. The van der Waals surface area contributed by atoms with Crippen LogP contribution in [0.2, 0.25) is 0 Å². The summed E-state index contributed by atoms with van der Waals surface area (Å²) in [4.78, 5) is 6.55. The number of hydrogen-bond acceptors (Lipinski definition) is 3. The molecule has 0 saturated heterocycles. The standard InChI is InChI=1S/C20H30N4O.HI/c1-7-17-8-10-18(11-9-17)13-24(6)20(21-5)22-12-14(2)19-15(3)23-25-16(19)4;/h8-11,14H,7,12-13H2,1-6H3,(H,21,22);1H. The molecule has 2 rings (SSSR count). The van der Waals surface area contributed by atoms with Crippen molar-refractivity contribution < 1.29 is 4.52 Å². The summed E-state index contributed by atoms with van der Waals surface area (Å²) >= 11 is 0. The highest BCUT2D eigenvalue weighted by atomic mass is 127. The number of nitrogens with zero attached hydrogens (tertiary/aromatic N) is 3. The Hall–Kier alpha value is -1.57. The van der Waals surface area contributed by atoms with Gasteiger partial charge in [0.15, 0.2) is 5.96 Å². The molecule has 1 aromatic heterocycles. The van der Waals surface area contributed by atoms with Crippen molar-refractivity contribution in [2.45, 2.75) is 46.6 Å². The lowest BCUT2D eigenvalue weighted by Gasteiger charge is -2.24. The van der Waals surface area contributed by atoms with E-state index in [1.54, 1.807) is 0 Å². The summed E-state index contributed by atoms with van der Waals surface area (Å²) < 4.78 is 5.28. The van der Waals surface area contributed by atoms with Crippen LogP contribution in [0.5, 0.6) is 0 Å². The van der Waals surface area contributed by atoms with Crippen LogP contribution in [0.25, 0.3) is 0 Å². The van der Waals surface area contributed by atoms with Crippen molar-refractivity contribution in [3.8, 4) is 0 Å². The van der Waals surface area contributed by atoms with E-state index in [2.05, 4.69) is 65.5 Å². The maximum Gasteiger partial charge on any atom is 0.193 e. The van der Waals surface area contributed by atoms with Gasteiger partial charge in [-0.3, -0.25) is 4.99 Å². The zero-order valence-electron chi connectivity index (χ0n) is 16.7. The SMILES string of the molecule is CCc1ccc(CN(C)C(=NC)NCC(C)c2c(C)noc2C)cc1.I. The monoisotopic (exact) mass is 470 g/mol. The van der Waals surface area contributed by atoms with Crippen LogP contribution < -0.4 is 5.32 Å². The summed E-state index contributed by atoms with van der Waals surface area (Å²) in [6, 6.07) is 8.77. The van der Waals surface area contributed by atoms with Gasteiger partial charge in [0.1, 0.15) is 5.76 Å². The first-order valence-electron chi connectivity index (χ1n) is 8.88. The number of rotatable bonds is 6. The molecule has 0 aliphatic rings. The highest BCUT2D eigenvalue weighted by Gasteiger charge is 2.17. The fourth-order valence-electron chi connectivity index (χ4n) is 3.15. The molecular formula is C20H31IN4O. The smallest absolute Gasteiger partial charge is 0.193 e. The number of hydrogen-bond donors (Lipinski definition) is 1. The van der Waals surface area contributed by atoms with Crippen LogP contribution in [0, 0.1) is 13.8 Å². The lowest BCUT2D eigenvalue weighted by molar-refractivity contribution is 0.391. The Morgan fingerprint density at radius 1 is 1.23 bits per heavy atom. The number of benzene rings is 1. The second kappa shape index (κ2) is 10.5. The van der Waals surface area contributed by atoms with Gasteiger partial charge >= 0.3 is 0 Å². The Kier molecular flexibility index (Phi) is 9.12. The highest BCUT2D eigenvalue weighted by molar-refractivity contribution is 14.0. The molecule has 1 aromatic carbocycles. The van der Waals surface area contributed by atoms with Crippen LogP contribution >= 0.6 is 24.0 Å². The first kappa shape index (κ1) is 22.5. The average Bonchev–Trinajstić information content (AvgIpc) is 2.94. The molecule has 26 heavy (non-hydrogen) atoms. The molecule has 5 nitrogen and oxygen atoms in total. The molecule has 0 bridgehead atoms. The van der Waals surface area contributed by atoms with Gasteiger partial charge in [0, 0.05) is 38.7 Å². The van der Waals surface area contributed by atoms with Crippen LogP contribution in [0.1, 0.15) is 47.9 Å². The third kappa shape index (κ3) is 5.72.